The maximum absolute atomic E-state index is 13.1. The monoisotopic (exact) mass is 410 g/mol. The number of rotatable bonds is 5. The van der Waals surface area contributed by atoms with Crippen LogP contribution in [0.2, 0.25) is 5.02 Å². The smallest absolute Gasteiger partial charge is 0.269 e. The molecular weight excluding hydrogens is 396 g/mol. The minimum absolute atomic E-state index is 0.0723. The van der Waals surface area contributed by atoms with Crippen LogP contribution in [0.5, 0.6) is 0 Å². The number of aromatic amines is 1. The van der Waals surface area contributed by atoms with E-state index in [-0.39, 0.29) is 17.1 Å². The number of carbonyl (C=O) groups excluding carboxylic acids is 1. The van der Waals surface area contributed by atoms with E-state index < -0.39 is 0 Å². The van der Waals surface area contributed by atoms with Crippen LogP contribution >= 0.6 is 23.4 Å². The number of aryl methyl sites for hydroxylation is 1. The highest BCUT2D eigenvalue weighted by Crippen LogP contribution is 2.23. The van der Waals surface area contributed by atoms with Crippen molar-refractivity contribution in [2.24, 2.45) is 0 Å². The third kappa shape index (κ3) is 3.46. The number of hydrogen-bond acceptors (Lipinski definition) is 5. The van der Waals surface area contributed by atoms with Gasteiger partial charge in [-0.2, -0.15) is 5.10 Å². The molecule has 4 rings (SSSR count). The average Bonchev–Trinajstić information content (AvgIpc) is 3.17. The molecule has 2 aromatic carbocycles. The van der Waals surface area contributed by atoms with Gasteiger partial charge in [0.1, 0.15) is 5.39 Å². The summed E-state index contributed by atoms with van der Waals surface area (Å²) in [5.74, 6) is 0.0662. The van der Waals surface area contributed by atoms with E-state index in [0.717, 1.165) is 11.3 Å². The molecule has 6 nitrogen and oxygen atoms in total. The number of benzene rings is 2. The van der Waals surface area contributed by atoms with Gasteiger partial charge in [0.15, 0.2) is 16.6 Å². The minimum atomic E-state index is -0.227. The van der Waals surface area contributed by atoms with Gasteiger partial charge in [0.25, 0.3) is 5.56 Å². The zero-order chi connectivity index (χ0) is 19.7. The predicted molar refractivity (Wildman–Crippen MR) is 111 cm³/mol. The van der Waals surface area contributed by atoms with Crippen molar-refractivity contribution >= 4 is 40.2 Å². The first-order chi connectivity index (χ1) is 13.5. The Bertz CT molecular complexity index is 1230. The number of hydrogen-bond donors (Lipinski definition) is 1. The fourth-order valence-electron chi connectivity index (χ4n) is 2.85. The van der Waals surface area contributed by atoms with Crippen LogP contribution in [-0.4, -0.2) is 31.3 Å². The number of nitrogens with one attached hydrogen (secondary N) is 1. The van der Waals surface area contributed by atoms with Crippen LogP contribution in [-0.2, 0) is 0 Å². The topological polar surface area (TPSA) is 80.6 Å². The summed E-state index contributed by atoms with van der Waals surface area (Å²) in [5, 5.41) is 8.06. The van der Waals surface area contributed by atoms with Gasteiger partial charge in [0.2, 0.25) is 0 Å². The number of carbonyl (C=O) groups is 1. The lowest BCUT2D eigenvalue weighted by atomic mass is 10.1. The largest absolute Gasteiger partial charge is 0.293 e. The highest BCUT2D eigenvalue weighted by atomic mass is 35.5. The Morgan fingerprint density at radius 3 is 2.68 bits per heavy atom. The Hall–Kier alpha value is -2.90. The molecule has 0 aliphatic rings. The van der Waals surface area contributed by atoms with Crippen molar-refractivity contribution < 1.29 is 4.79 Å². The van der Waals surface area contributed by atoms with E-state index in [9.17, 15) is 9.59 Å². The first kappa shape index (κ1) is 18.5. The van der Waals surface area contributed by atoms with Crippen molar-refractivity contribution in [3.63, 3.8) is 0 Å². The molecule has 0 unspecified atom stereocenters. The quantitative estimate of drug-likeness (QED) is 0.305. The SMILES string of the molecule is Cc1ccccc1-n1c(SCC(=O)c2ccc(Cl)cc2)nc2[nH]ncc2c1=O. The highest BCUT2D eigenvalue weighted by Gasteiger charge is 2.17. The summed E-state index contributed by atoms with van der Waals surface area (Å²) in [6.07, 6.45) is 1.47. The Kier molecular flexibility index (Phi) is 5.02. The van der Waals surface area contributed by atoms with Gasteiger partial charge >= 0.3 is 0 Å². The molecule has 0 bridgehead atoms. The summed E-state index contributed by atoms with van der Waals surface area (Å²) in [6.45, 7) is 1.93. The van der Waals surface area contributed by atoms with Gasteiger partial charge < -0.3 is 0 Å². The van der Waals surface area contributed by atoms with E-state index in [0.29, 0.717) is 26.8 Å². The molecule has 0 amide bonds. The second-order valence-electron chi connectivity index (χ2n) is 6.17. The molecule has 0 saturated carbocycles. The number of aromatic nitrogens is 4. The maximum Gasteiger partial charge on any atom is 0.269 e. The summed E-state index contributed by atoms with van der Waals surface area (Å²) in [5.41, 5.74) is 2.39. The lowest BCUT2D eigenvalue weighted by molar-refractivity contribution is 0.102. The predicted octanol–water partition coefficient (Wildman–Crippen LogP) is 4.05. The van der Waals surface area contributed by atoms with Crippen molar-refractivity contribution in [1.82, 2.24) is 19.7 Å². The standard InChI is InChI=1S/C20H15ClN4O2S/c1-12-4-2-3-5-16(12)25-19(27)15-10-22-24-18(15)23-20(25)28-11-17(26)13-6-8-14(21)9-7-13/h2-10H,11H2,1H3,(H,22,24). The number of ketones is 1. The van der Waals surface area contributed by atoms with Crippen molar-refractivity contribution in [2.45, 2.75) is 12.1 Å². The van der Waals surface area contributed by atoms with E-state index in [4.69, 9.17) is 11.6 Å². The van der Waals surface area contributed by atoms with Gasteiger partial charge in [-0.25, -0.2) is 4.98 Å². The lowest BCUT2D eigenvalue weighted by Crippen LogP contribution is -2.22. The third-order valence-corrected chi connectivity index (χ3v) is 5.50. The van der Waals surface area contributed by atoms with Crippen LogP contribution < -0.4 is 5.56 Å². The first-order valence-corrected chi connectivity index (χ1v) is 9.84. The molecule has 1 N–H and O–H groups in total. The molecule has 0 saturated heterocycles. The van der Waals surface area contributed by atoms with Crippen LogP contribution in [0.4, 0.5) is 0 Å². The Labute approximate surface area is 169 Å². The number of nitrogens with zero attached hydrogens (tertiary/aromatic N) is 3. The van der Waals surface area contributed by atoms with Crippen LogP contribution in [0.25, 0.3) is 16.7 Å². The summed E-state index contributed by atoms with van der Waals surface area (Å²) in [6, 6.07) is 14.3. The van der Waals surface area contributed by atoms with Crippen LogP contribution in [0.15, 0.2) is 64.7 Å². The molecule has 2 heterocycles. The molecule has 0 atom stereocenters. The highest BCUT2D eigenvalue weighted by molar-refractivity contribution is 7.99. The molecule has 2 aromatic heterocycles. The van der Waals surface area contributed by atoms with E-state index in [1.54, 1.807) is 24.3 Å². The summed E-state index contributed by atoms with van der Waals surface area (Å²) in [4.78, 5) is 30.1. The maximum atomic E-state index is 13.1. The van der Waals surface area contributed by atoms with Crippen molar-refractivity contribution in [1.29, 1.82) is 0 Å². The summed E-state index contributed by atoms with van der Waals surface area (Å²) >= 11 is 7.09. The Morgan fingerprint density at radius 2 is 1.93 bits per heavy atom. The van der Waals surface area contributed by atoms with Crippen molar-refractivity contribution in [3.8, 4) is 5.69 Å². The summed E-state index contributed by atoms with van der Waals surface area (Å²) in [7, 11) is 0. The third-order valence-electron chi connectivity index (χ3n) is 4.31. The first-order valence-electron chi connectivity index (χ1n) is 8.48. The molecule has 0 fully saturated rings. The number of thioether (sulfide) groups is 1. The Balaban J connectivity index is 1.74. The van der Waals surface area contributed by atoms with Gasteiger partial charge in [-0.15, -0.1) is 0 Å². The fraction of sp³-hybridized carbons (Fsp3) is 0.100. The lowest BCUT2D eigenvalue weighted by Gasteiger charge is -2.13. The number of para-hydroxylation sites is 1. The molecular formula is C20H15ClN4O2S. The number of halogens is 1. The second-order valence-corrected chi connectivity index (χ2v) is 7.55. The van der Waals surface area contributed by atoms with E-state index in [1.165, 1.54) is 22.5 Å². The second kappa shape index (κ2) is 7.61. The molecule has 0 aliphatic carbocycles. The van der Waals surface area contributed by atoms with Crippen molar-refractivity contribution in [2.75, 3.05) is 5.75 Å². The zero-order valence-corrected chi connectivity index (χ0v) is 16.4. The van der Waals surface area contributed by atoms with Gasteiger partial charge in [0.05, 0.1) is 17.6 Å². The normalized spacial score (nSPS) is 11.1. The van der Waals surface area contributed by atoms with Crippen LogP contribution in [0.1, 0.15) is 15.9 Å². The van der Waals surface area contributed by atoms with Gasteiger partial charge in [-0.1, -0.05) is 41.6 Å². The number of H-pyrrole nitrogens is 1. The number of fused-ring (bicyclic) bond motifs is 1. The van der Waals surface area contributed by atoms with Crippen LogP contribution in [0, 0.1) is 6.92 Å². The Morgan fingerprint density at radius 1 is 1.18 bits per heavy atom. The average molecular weight is 411 g/mol. The van der Waals surface area contributed by atoms with Gasteiger partial charge in [0, 0.05) is 10.6 Å². The van der Waals surface area contributed by atoms with E-state index in [2.05, 4.69) is 15.2 Å². The van der Waals surface area contributed by atoms with Gasteiger partial charge in [-0.3, -0.25) is 19.3 Å². The molecule has 0 radical (unpaired) electrons. The minimum Gasteiger partial charge on any atom is -0.293 e. The summed E-state index contributed by atoms with van der Waals surface area (Å²) < 4.78 is 1.53. The molecule has 8 heteroatoms. The molecule has 0 aliphatic heterocycles. The van der Waals surface area contributed by atoms with Crippen LogP contribution in [0.3, 0.4) is 0 Å². The van der Waals surface area contributed by atoms with Gasteiger partial charge in [-0.05, 0) is 42.8 Å². The molecule has 28 heavy (non-hydrogen) atoms. The number of Topliss-reactive ketones (excluding diaryl/α,β-unsaturated/α-hetero) is 1. The molecule has 140 valence electrons. The van der Waals surface area contributed by atoms with E-state index >= 15 is 0 Å². The molecule has 4 aromatic rings. The molecule has 0 spiro atoms. The zero-order valence-electron chi connectivity index (χ0n) is 14.8. The van der Waals surface area contributed by atoms with E-state index in [1.807, 2.05) is 31.2 Å². The van der Waals surface area contributed by atoms with Crippen molar-refractivity contribution in [3.05, 3.63) is 81.2 Å². The fourth-order valence-corrected chi connectivity index (χ4v) is 3.87.